The van der Waals surface area contributed by atoms with Crippen molar-refractivity contribution in [2.75, 3.05) is 11.4 Å². The van der Waals surface area contributed by atoms with Crippen LogP contribution in [-0.4, -0.2) is 23.3 Å². The Hall–Kier alpha value is -3.54. The van der Waals surface area contributed by atoms with Crippen molar-refractivity contribution in [3.63, 3.8) is 0 Å². The van der Waals surface area contributed by atoms with Gasteiger partial charge in [-0.2, -0.15) is 0 Å². The van der Waals surface area contributed by atoms with E-state index >= 15 is 0 Å². The Morgan fingerprint density at radius 2 is 2.03 bits per heavy atom. The molecule has 5 nitrogen and oxygen atoms in total. The predicted octanol–water partition coefficient (Wildman–Crippen LogP) is 4.12. The second-order valence-corrected chi connectivity index (χ2v) is 7.23. The SMILES string of the molecule is CCC(=O)N1CCc2cc(-c3ccc(C(=O)NCc4cccnc4)cc3F)ccc21. The lowest BCUT2D eigenvalue weighted by Crippen LogP contribution is -2.27. The van der Waals surface area contributed by atoms with E-state index in [2.05, 4.69) is 10.3 Å². The molecule has 30 heavy (non-hydrogen) atoms. The molecule has 1 aliphatic rings. The smallest absolute Gasteiger partial charge is 0.251 e. The van der Waals surface area contributed by atoms with Gasteiger partial charge in [0.1, 0.15) is 5.82 Å². The number of anilines is 1. The van der Waals surface area contributed by atoms with Crippen molar-refractivity contribution in [3.8, 4) is 11.1 Å². The Labute approximate surface area is 174 Å². The maximum Gasteiger partial charge on any atom is 0.251 e. The normalized spacial score (nSPS) is 12.5. The fourth-order valence-corrected chi connectivity index (χ4v) is 3.70. The van der Waals surface area contributed by atoms with Crippen LogP contribution in [0.5, 0.6) is 0 Å². The molecule has 0 spiro atoms. The molecule has 2 aromatic carbocycles. The first-order valence-corrected chi connectivity index (χ1v) is 9.97. The summed E-state index contributed by atoms with van der Waals surface area (Å²) in [4.78, 5) is 30.2. The van der Waals surface area contributed by atoms with Crippen LogP contribution in [0.3, 0.4) is 0 Å². The molecule has 1 aromatic heterocycles. The molecule has 0 unspecified atom stereocenters. The van der Waals surface area contributed by atoms with Gasteiger partial charge >= 0.3 is 0 Å². The van der Waals surface area contributed by atoms with Crippen molar-refractivity contribution < 1.29 is 14.0 Å². The summed E-state index contributed by atoms with van der Waals surface area (Å²) >= 11 is 0. The molecule has 152 valence electrons. The molecule has 2 amide bonds. The van der Waals surface area contributed by atoms with Crippen molar-refractivity contribution in [2.24, 2.45) is 0 Å². The summed E-state index contributed by atoms with van der Waals surface area (Å²) in [6.07, 6.45) is 4.55. The summed E-state index contributed by atoms with van der Waals surface area (Å²) in [6.45, 7) is 2.83. The number of benzene rings is 2. The molecule has 0 bridgehead atoms. The van der Waals surface area contributed by atoms with Gasteiger partial charge in [0.05, 0.1) is 0 Å². The number of nitrogens with zero attached hydrogens (tertiary/aromatic N) is 2. The Balaban J connectivity index is 1.51. The van der Waals surface area contributed by atoms with Crippen molar-refractivity contribution in [2.45, 2.75) is 26.3 Å². The average Bonchev–Trinajstić information content (AvgIpc) is 3.20. The summed E-state index contributed by atoms with van der Waals surface area (Å²) in [5.41, 5.74) is 4.24. The number of hydrogen-bond acceptors (Lipinski definition) is 3. The third-order valence-corrected chi connectivity index (χ3v) is 5.30. The molecule has 1 N–H and O–H groups in total. The fourth-order valence-electron chi connectivity index (χ4n) is 3.70. The third kappa shape index (κ3) is 3.94. The second kappa shape index (κ2) is 8.45. The van der Waals surface area contributed by atoms with Gasteiger partial charge in [0.25, 0.3) is 5.91 Å². The van der Waals surface area contributed by atoms with Gasteiger partial charge < -0.3 is 10.2 Å². The van der Waals surface area contributed by atoms with Crippen LogP contribution in [0.2, 0.25) is 0 Å². The molecule has 6 heteroatoms. The molecule has 3 aromatic rings. The quantitative estimate of drug-likeness (QED) is 0.697. The van der Waals surface area contributed by atoms with Crippen LogP contribution in [0.25, 0.3) is 11.1 Å². The lowest BCUT2D eigenvalue weighted by atomic mass is 9.99. The molecular formula is C24H22FN3O2. The van der Waals surface area contributed by atoms with Crippen LogP contribution in [-0.2, 0) is 17.8 Å². The molecule has 0 aliphatic carbocycles. The summed E-state index contributed by atoms with van der Waals surface area (Å²) in [6, 6.07) is 13.8. The largest absolute Gasteiger partial charge is 0.348 e. The first kappa shape index (κ1) is 19.8. The molecule has 0 saturated carbocycles. The minimum absolute atomic E-state index is 0.0920. The van der Waals surface area contributed by atoms with Gasteiger partial charge in [-0.25, -0.2) is 4.39 Å². The Kier molecular flexibility index (Phi) is 5.57. The van der Waals surface area contributed by atoms with Gasteiger partial charge in [-0.05, 0) is 53.4 Å². The zero-order chi connectivity index (χ0) is 21.1. The molecular weight excluding hydrogens is 381 g/mol. The van der Waals surface area contributed by atoms with E-state index in [1.165, 1.54) is 6.07 Å². The number of carbonyl (C=O) groups excluding carboxylic acids is 2. The van der Waals surface area contributed by atoms with Crippen LogP contribution in [0.4, 0.5) is 10.1 Å². The van der Waals surface area contributed by atoms with Crippen LogP contribution in [0.15, 0.2) is 60.9 Å². The number of pyridine rings is 1. The topological polar surface area (TPSA) is 62.3 Å². The lowest BCUT2D eigenvalue weighted by molar-refractivity contribution is -0.118. The minimum Gasteiger partial charge on any atom is -0.348 e. The average molecular weight is 403 g/mol. The predicted molar refractivity (Wildman–Crippen MR) is 114 cm³/mol. The van der Waals surface area contributed by atoms with E-state index in [1.54, 1.807) is 35.5 Å². The van der Waals surface area contributed by atoms with Crippen LogP contribution in [0.1, 0.15) is 34.8 Å². The molecule has 0 atom stereocenters. The highest BCUT2D eigenvalue weighted by molar-refractivity contribution is 5.96. The number of amides is 2. The molecule has 0 radical (unpaired) electrons. The van der Waals surface area contributed by atoms with Gasteiger partial charge in [-0.3, -0.25) is 14.6 Å². The molecule has 2 heterocycles. The van der Waals surface area contributed by atoms with E-state index < -0.39 is 5.82 Å². The van der Waals surface area contributed by atoms with Crippen LogP contribution in [0, 0.1) is 5.82 Å². The Morgan fingerprint density at radius 1 is 1.17 bits per heavy atom. The van der Waals surface area contributed by atoms with Crippen LogP contribution < -0.4 is 10.2 Å². The number of nitrogens with one attached hydrogen (secondary N) is 1. The number of rotatable bonds is 5. The Bertz CT molecular complexity index is 1100. The van der Waals surface area contributed by atoms with Crippen molar-refractivity contribution >= 4 is 17.5 Å². The highest BCUT2D eigenvalue weighted by Gasteiger charge is 2.24. The standard InChI is InChI=1S/C24H22FN3O2/c1-2-23(29)28-11-9-18-12-17(6-8-22(18)28)20-7-5-19(13-21(20)25)24(30)27-15-16-4-3-10-26-14-16/h3-8,10,12-14H,2,9,11,15H2,1H3,(H,27,30). The summed E-state index contributed by atoms with van der Waals surface area (Å²) < 4.78 is 14.8. The van der Waals surface area contributed by atoms with E-state index in [0.29, 0.717) is 25.1 Å². The van der Waals surface area contributed by atoms with E-state index in [-0.39, 0.29) is 17.4 Å². The molecule has 4 rings (SSSR count). The lowest BCUT2D eigenvalue weighted by Gasteiger charge is -2.16. The van der Waals surface area contributed by atoms with E-state index in [9.17, 15) is 14.0 Å². The number of fused-ring (bicyclic) bond motifs is 1. The monoisotopic (exact) mass is 403 g/mol. The highest BCUT2D eigenvalue weighted by atomic mass is 19.1. The second-order valence-electron chi connectivity index (χ2n) is 7.23. The first-order valence-electron chi connectivity index (χ1n) is 9.97. The molecule has 0 fully saturated rings. The van der Waals surface area contributed by atoms with Gasteiger partial charge in [0.15, 0.2) is 0 Å². The summed E-state index contributed by atoms with van der Waals surface area (Å²) in [5, 5.41) is 2.77. The zero-order valence-corrected chi connectivity index (χ0v) is 16.7. The van der Waals surface area contributed by atoms with Crippen molar-refractivity contribution in [1.29, 1.82) is 0 Å². The minimum atomic E-state index is -0.455. The fraction of sp³-hybridized carbons (Fsp3) is 0.208. The van der Waals surface area contributed by atoms with Gasteiger partial charge in [-0.15, -0.1) is 0 Å². The number of aromatic nitrogens is 1. The number of carbonyl (C=O) groups is 2. The maximum atomic E-state index is 14.8. The van der Waals surface area contributed by atoms with Gasteiger partial charge in [0.2, 0.25) is 5.91 Å². The van der Waals surface area contributed by atoms with Gasteiger partial charge in [0, 0.05) is 48.7 Å². The third-order valence-electron chi connectivity index (χ3n) is 5.30. The first-order chi connectivity index (χ1) is 14.6. The maximum absolute atomic E-state index is 14.8. The highest BCUT2D eigenvalue weighted by Crippen LogP contribution is 2.33. The molecule has 0 saturated heterocycles. The summed E-state index contributed by atoms with van der Waals surface area (Å²) in [7, 11) is 0. The van der Waals surface area contributed by atoms with E-state index in [1.807, 2.05) is 31.2 Å². The number of hydrogen-bond donors (Lipinski definition) is 1. The summed E-state index contributed by atoms with van der Waals surface area (Å²) in [5.74, 6) is -0.704. The number of halogens is 1. The van der Waals surface area contributed by atoms with E-state index in [4.69, 9.17) is 0 Å². The molecule has 1 aliphatic heterocycles. The van der Waals surface area contributed by atoms with Crippen molar-refractivity contribution in [1.82, 2.24) is 10.3 Å². The van der Waals surface area contributed by atoms with Gasteiger partial charge in [-0.1, -0.05) is 25.1 Å². The van der Waals surface area contributed by atoms with E-state index in [0.717, 1.165) is 28.8 Å². The Morgan fingerprint density at radius 3 is 2.77 bits per heavy atom. The zero-order valence-electron chi connectivity index (χ0n) is 16.7. The van der Waals surface area contributed by atoms with Crippen LogP contribution >= 0.6 is 0 Å². The van der Waals surface area contributed by atoms with Crippen molar-refractivity contribution in [3.05, 3.63) is 83.4 Å².